The van der Waals surface area contributed by atoms with Gasteiger partial charge in [0.2, 0.25) is 11.7 Å². The smallest absolute Gasteiger partial charge is 0.294 e. The van der Waals surface area contributed by atoms with Crippen molar-refractivity contribution in [3.8, 4) is 17.2 Å². The standard InChI is InChI=1S/C28H32N2O6/c1-18-9-7-12-21(15-18)30(28(32)22-13-8-14-36-22)25(27(31)29-20-10-5-6-11-20)19-16-23(33-2)26(35-4)24(17-19)34-3/h7-9,12-17,20,25H,5-6,10-11H2,1-4H3,(H,29,31)/t25-/m1/s1. The first-order valence-electron chi connectivity index (χ1n) is 12.0. The lowest BCUT2D eigenvalue weighted by Gasteiger charge is -2.32. The van der Waals surface area contributed by atoms with Crippen LogP contribution in [0.4, 0.5) is 5.69 Å². The van der Waals surface area contributed by atoms with E-state index in [2.05, 4.69) is 5.32 Å². The maximum atomic E-state index is 14.0. The lowest BCUT2D eigenvalue weighted by molar-refractivity contribution is -0.123. The van der Waals surface area contributed by atoms with E-state index in [1.54, 1.807) is 24.3 Å². The zero-order chi connectivity index (χ0) is 25.7. The number of methoxy groups -OCH3 is 3. The molecule has 4 rings (SSSR count). The molecule has 1 heterocycles. The molecule has 0 aliphatic heterocycles. The Morgan fingerprint density at radius 1 is 0.972 bits per heavy atom. The maximum absolute atomic E-state index is 14.0. The summed E-state index contributed by atoms with van der Waals surface area (Å²) < 4.78 is 22.1. The van der Waals surface area contributed by atoms with Crippen LogP contribution in [0.5, 0.6) is 17.2 Å². The van der Waals surface area contributed by atoms with Crippen molar-refractivity contribution in [2.75, 3.05) is 26.2 Å². The van der Waals surface area contributed by atoms with Crippen molar-refractivity contribution in [2.45, 2.75) is 44.7 Å². The van der Waals surface area contributed by atoms with E-state index in [1.165, 1.54) is 32.5 Å². The molecule has 190 valence electrons. The van der Waals surface area contributed by atoms with Gasteiger partial charge in [-0.05, 0) is 67.3 Å². The van der Waals surface area contributed by atoms with Crippen LogP contribution >= 0.6 is 0 Å². The predicted molar refractivity (Wildman–Crippen MR) is 136 cm³/mol. The molecule has 1 N–H and O–H groups in total. The van der Waals surface area contributed by atoms with Gasteiger partial charge in [0.1, 0.15) is 6.04 Å². The minimum atomic E-state index is -1.03. The second-order valence-electron chi connectivity index (χ2n) is 8.84. The molecule has 0 radical (unpaired) electrons. The first-order chi connectivity index (χ1) is 17.5. The SMILES string of the molecule is COc1cc([C@H](C(=O)NC2CCCC2)N(C(=O)c2ccco2)c2cccc(C)c2)cc(OC)c1OC. The summed E-state index contributed by atoms with van der Waals surface area (Å²) in [5, 5.41) is 3.17. The lowest BCUT2D eigenvalue weighted by atomic mass is 10.00. The van der Waals surface area contributed by atoms with Crippen LogP contribution in [0.25, 0.3) is 0 Å². The molecule has 2 aromatic carbocycles. The average Bonchev–Trinajstić information content (AvgIpc) is 3.60. The number of benzene rings is 2. The van der Waals surface area contributed by atoms with Gasteiger partial charge in [0, 0.05) is 11.7 Å². The molecular weight excluding hydrogens is 460 g/mol. The van der Waals surface area contributed by atoms with Crippen LogP contribution in [0.15, 0.2) is 59.2 Å². The summed E-state index contributed by atoms with van der Waals surface area (Å²) in [4.78, 5) is 29.3. The number of aryl methyl sites for hydroxylation is 1. The van der Waals surface area contributed by atoms with Crippen LogP contribution in [0, 0.1) is 6.92 Å². The summed E-state index contributed by atoms with van der Waals surface area (Å²) in [5.74, 6) is 0.574. The van der Waals surface area contributed by atoms with Gasteiger partial charge in [0.25, 0.3) is 5.91 Å². The number of hydrogen-bond donors (Lipinski definition) is 1. The normalized spacial score (nSPS) is 14.2. The van der Waals surface area contributed by atoms with Crippen LogP contribution in [-0.4, -0.2) is 39.2 Å². The third-order valence-corrected chi connectivity index (χ3v) is 6.44. The fourth-order valence-electron chi connectivity index (χ4n) is 4.71. The highest BCUT2D eigenvalue weighted by atomic mass is 16.5. The Balaban J connectivity index is 1.90. The van der Waals surface area contributed by atoms with Gasteiger partial charge in [-0.1, -0.05) is 25.0 Å². The van der Waals surface area contributed by atoms with Gasteiger partial charge < -0.3 is 23.9 Å². The Labute approximate surface area is 211 Å². The Hall–Kier alpha value is -3.94. The van der Waals surface area contributed by atoms with Gasteiger partial charge >= 0.3 is 0 Å². The van der Waals surface area contributed by atoms with E-state index in [4.69, 9.17) is 18.6 Å². The first kappa shape index (κ1) is 25.2. The number of carbonyl (C=O) groups excluding carboxylic acids is 2. The molecule has 0 saturated heterocycles. The minimum absolute atomic E-state index is 0.0557. The molecule has 2 amide bonds. The van der Waals surface area contributed by atoms with Crippen LogP contribution < -0.4 is 24.4 Å². The fourth-order valence-corrected chi connectivity index (χ4v) is 4.71. The molecule has 1 atom stereocenters. The summed E-state index contributed by atoms with van der Waals surface area (Å²) in [5.41, 5.74) is 2.03. The molecule has 0 unspecified atom stereocenters. The molecule has 1 aliphatic rings. The molecule has 1 fully saturated rings. The maximum Gasteiger partial charge on any atom is 0.294 e. The number of amides is 2. The Kier molecular flexibility index (Phi) is 7.83. The largest absolute Gasteiger partial charge is 0.493 e. The zero-order valence-electron chi connectivity index (χ0n) is 21.1. The van der Waals surface area contributed by atoms with Crippen molar-refractivity contribution in [1.29, 1.82) is 0 Å². The van der Waals surface area contributed by atoms with Gasteiger partial charge in [-0.3, -0.25) is 14.5 Å². The fraction of sp³-hybridized carbons (Fsp3) is 0.357. The average molecular weight is 493 g/mol. The van der Waals surface area contributed by atoms with Gasteiger partial charge in [0.15, 0.2) is 17.3 Å². The van der Waals surface area contributed by atoms with Crippen molar-refractivity contribution in [1.82, 2.24) is 5.32 Å². The van der Waals surface area contributed by atoms with E-state index in [1.807, 2.05) is 31.2 Å². The van der Waals surface area contributed by atoms with E-state index in [-0.39, 0.29) is 17.7 Å². The number of ether oxygens (including phenoxy) is 3. The van der Waals surface area contributed by atoms with E-state index >= 15 is 0 Å². The number of hydrogen-bond acceptors (Lipinski definition) is 6. The van der Waals surface area contributed by atoms with Gasteiger partial charge in [-0.15, -0.1) is 0 Å². The molecule has 8 nitrogen and oxygen atoms in total. The minimum Gasteiger partial charge on any atom is -0.493 e. The molecule has 36 heavy (non-hydrogen) atoms. The Morgan fingerprint density at radius 3 is 2.22 bits per heavy atom. The third-order valence-electron chi connectivity index (χ3n) is 6.44. The van der Waals surface area contributed by atoms with Gasteiger partial charge in [-0.2, -0.15) is 0 Å². The van der Waals surface area contributed by atoms with Crippen LogP contribution in [-0.2, 0) is 4.79 Å². The van der Waals surface area contributed by atoms with E-state index in [0.29, 0.717) is 28.5 Å². The second kappa shape index (κ2) is 11.2. The Bertz CT molecular complexity index is 1180. The molecule has 8 heteroatoms. The number of nitrogens with zero attached hydrogens (tertiary/aromatic N) is 1. The van der Waals surface area contributed by atoms with Gasteiger partial charge in [0.05, 0.1) is 27.6 Å². The molecular formula is C28H32N2O6. The first-order valence-corrected chi connectivity index (χ1v) is 12.0. The number of furan rings is 1. The number of rotatable bonds is 9. The predicted octanol–water partition coefficient (Wildman–Crippen LogP) is 5.06. The summed E-state index contributed by atoms with van der Waals surface area (Å²) >= 11 is 0. The number of nitrogens with one attached hydrogen (secondary N) is 1. The summed E-state index contributed by atoms with van der Waals surface area (Å²) in [7, 11) is 4.55. The Morgan fingerprint density at radius 2 is 1.67 bits per heavy atom. The van der Waals surface area contributed by atoms with Crippen molar-refractivity contribution < 1.29 is 28.2 Å². The lowest BCUT2D eigenvalue weighted by Crippen LogP contribution is -2.46. The highest BCUT2D eigenvalue weighted by Crippen LogP contribution is 2.42. The van der Waals surface area contributed by atoms with Crippen LogP contribution in [0.1, 0.15) is 53.4 Å². The third kappa shape index (κ3) is 5.17. The van der Waals surface area contributed by atoms with Crippen molar-refractivity contribution in [3.63, 3.8) is 0 Å². The summed E-state index contributed by atoms with van der Waals surface area (Å²) in [6.07, 6.45) is 5.38. The second-order valence-corrected chi connectivity index (χ2v) is 8.84. The van der Waals surface area contributed by atoms with E-state index < -0.39 is 11.9 Å². The van der Waals surface area contributed by atoms with Crippen molar-refractivity contribution in [2.24, 2.45) is 0 Å². The molecule has 3 aromatic rings. The van der Waals surface area contributed by atoms with E-state index in [9.17, 15) is 9.59 Å². The summed E-state index contributed by atoms with van der Waals surface area (Å²) in [6, 6.07) is 13.1. The highest BCUT2D eigenvalue weighted by molar-refractivity contribution is 6.08. The zero-order valence-corrected chi connectivity index (χ0v) is 21.1. The molecule has 1 aromatic heterocycles. The van der Waals surface area contributed by atoms with E-state index in [0.717, 1.165) is 31.2 Å². The molecule has 0 spiro atoms. The van der Waals surface area contributed by atoms with Crippen LogP contribution in [0.3, 0.4) is 0 Å². The topological polar surface area (TPSA) is 90.2 Å². The molecule has 1 saturated carbocycles. The monoisotopic (exact) mass is 492 g/mol. The molecule has 0 bridgehead atoms. The number of carbonyl (C=O) groups is 2. The van der Waals surface area contributed by atoms with Crippen molar-refractivity contribution >= 4 is 17.5 Å². The summed E-state index contributed by atoms with van der Waals surface area (Å²) in [6.45, 7) is 1.94. The highest BCUT2D eigenvalue weighted by Gasteiger charge is 2.37. The van der Waals surface area contributed by atoms with Crippen LogP contribution in [0.2, 0.25) is 0 Å². The van der Waals surface area contributed by atoms with Gasteiger partial charge in [-0.25, -0.2) is 0 Å². The molecule has 1 aliphatic carbocycles. The number of anilines is 1. The van der Waals surface area contributed by atoms with Crippen molar-refractivity contribution in [3.05, 3.63) is 71.7 Å². The quantitative estimate of drug-likeness (QED) is 0.449.